The molecule has 6 amide bonds. The number of hydrogen-bond acceptors (Lipinski definition) is 9. The van der Waals surface area contributed by atoms with Crippen molar-refractivity contribution in [1.82, 2.24) is 26.6 Å². The Kier molecular flexibility index (Phi) is 14.5. The molecular formula is C35H40N6O10. The molecule has 0 aromatic heterocycles. The molecule has 270 valence electrons. The van der Waals surface area contributed by atoms with Crippen LogP contribution in [0.4, 0.5) is 0 Å². The Bertz CT molecular complexity index is 1700. The maximum absolute atomic E-state index is 13.9. The second kappa shape index (κ2) is 18.9. The zero-order valence-electron chi connectivity index (χ0n) is 27.6. The second-order valence-electron chi connectivity index (χ2n) is 11.6. The fourth-order valence-corrected chi connectivity index (χ4v) is 4.88. The summed E-state index contributed by atoms with van der Waals surface area (Å²) in [5.41, 5.74) is 7.27. The minimum atomic E-state index is -1.66. The smallest absolute Gasteiger partial charge is 0.305 e. The van der Waals surface area contributed by atoms with Gasteiger partial charge in [-0.25, -0.2) is 0 Å². The largest absolute Gasteiger partial charge is 0.508 e. The van der Waals surface area contributed by atoms with Crippen LogP contribution in [0.2, 0.25) is 0 Å². The summed E-state index contributed by atoms with van der Waals surface area (Å²) in [6.07, 6.45) is -1.15. The molecule has 0 heterocycles. The highest BCUT2D eigenvalue weighted by atomic mass is 16.4. The van der Waals surface area contributed by atoms with Crippen LogP contribution in [0.15, 0.2) is 78.9 Å². The number of nitrogens with one attached hydrogen (secondary N) is 5. The van der Waals surface area contributed by atoms with Crippen LogP contribution in [0.25, 0.3) is 0 Å². The third-order valence-corrected chi connectivity index (χ3v) is 7.49. The number of carbonyl (C=O) groups excluding carboxylic acids is 6. The van der Waals surface area contributed by atoms with Gasteiger partial charge in [-0.2, -0.15) is 0 Å². The van der Waals surface area contributed by atoms with Crippen molar-refractivity contribution in [1.29, 1.82) is 0 Å². The molecule has 0 saturated heterocycles. The number of benzene rings is 3. The van der Waals surface area contributed by atoms with Crippen molar-refractivity contribution in [2.75, 3.05) is 6.54 Å². The molecule has 16 nitrogen and oxygen atoms in total. The Labute approximate surface area is 292 Å². The Morgan fingerprint density at radius 2 is 1.00 bits per heavy atom. The molecule has 0 bridgehead atoms. The van der Waals surface area contributed by atoms with Gasteiger partial charge in [-0.1, -0.05) is 54.6 Å². The first kappa shape index (κ1) is 39.0. The van der Waals surface area contributed by atoms with Crippen LogP contribution in [0.3, 0.4) is 0 Å². The highest BCUT2D eigenvalue weighted by Gasteiger charge is 2.32. The third-order valence-electron chi connectivity index (χ3n) is 7.49. The number of phenols is 2. The molecule has 16 heteroatoms. The van der Waals surface area contributed by atoms with Crippen LogP contribution < -0.4 is 32.3 Å². The van der Waals surface area contributed by atoms with E-state index in [-0.39, 0.29) is 30.8 Å². The Morgan fingerprint density at radius 3 is 1.43 bits per heavy atom. The van der Waals surface area contributed by atoms with E-state index in [1.165, 1.54) is 48.5 Å². The van der Waals surface area contributed by atoms with Crippen molar-refractivity contribution < 1.29 is 48.9 Å². The summed E-state index contributed by atoms with van der Waals surface area (Å²) >= 11 is 0. The number of rotatable bonds is 18. The van der Waals surface area contributed by atoms with Gasteiger partial charge in [0.05, 0.1) is 13.0 Å². The molecule has 3 aromatic rings. The van der Waals surface area contributed by atoms with Gasteiger partial charge in [0.25, 0.3) is 0 Å². The van der Waals surface area contributed by atoms with Crippen molar-refractivity contribution >= 4 is 41.4 Å². The zero-order chi connectivity index (χ0) is 37.5. The minimum Gasteiger partial charge on any atom is -0.508 e. The van der Waals surface area contributed by atoms with Crippen molar-refractivity contribution in [3.8, 4) is 11.5 Å². The molecule has 0 spiro atoms. The molecule has 0 radical (unpaired) electrons. The first-order chi connectivity index (χ1) is 24.2. The minimum absolute atomic E-state index is 0.0443. The van der Waals surface area contributed by atoms with E-state index in [4.69, 9.17) is 5.73 Å². The molecule has 0 aliphatic carbocycles. The molecule has 10 N–H and O–H groups in total. The molecule has 0 saturated carbocycles. The average Bonchev–Trinajstić information content (AvgIpc) is 3.08. The van der Waals surface area contributed by atoms with Crippen LogP contribution in [-0.2, 0) is 52.8 Å². The molecule has 4 atom stereocenters. The summed E-state index contributed by atoms with van der Waals surface area (Å²) in [6, 6.07) is 14.6. The molecular weight excluding hydrogens is 664 g/mol. The maximum atomic E-state index is 13.9. The number of hydrogen-bond donors (Lipinski definition) is 9. The lowest BCUT2D eigenvalue weighted by atomic mass is 10.0. The predicted molar refractivity (Wildman–Crippen MR) is 182 cm³/mol. The van der Waals surface area contributed by atoms with Crippen LogP contribution >= 0.6 is 0 Å². The van der Waals surface area contributed by atoms with E-state index >= 15 is 0 Å². The van der Waals surface area contributed by atoms with Gasteiger partial charge in [0, 0.05) is 26.2 Å². The summed E-state index contributed by atoms with van der Waals surface area (Å²) in [7, 11) is 0. The number of amides is 6. The standard InChI is InChI=1S/C35H40N6O10/c1-20(42)37-19-30(45)38-29(18-31(46)47)35(51)41-28(17-23-9-13-25(44)14-10-23)34(50)40-27(16-22-7-11-24(43)12-8-22)33(49)39-26(32(36)48)15-21-5-3-2-4-6-21/h2-14,26-29,43-44H,15-19H2,1H3,(H2,36,48)(H,37,42)(H,38,45)(H,39,49)(H,40,50)(H,41,51)(H,46,47). The van der Waals surface area contributed by atoms with Gasteiger partial charge in [-0.3, -0.25) is 33.6 Å². The molecule has 3 aromatic carbocycles. The number of carboxylic acids is 1. The van der Waals surface area contributed by atoms with Gasteiger partial charge in [0.2, 0.25) is 35.4 Å². The van der Waals surface area contributed by atoms with E-state index in [0.29, 0.717) is 16.7 Å². The predicted octanol–water partition coefficient (Wildman–Crippen LogP) is -0.839. The SMILES string of the molecule is CC(=O)NCC(=O)NC(CC(=O)O)C(=O)NC(Cc1ccc(O)cc1)C(=O)NC(Cc1ccc(O)cc1)C(=O)NC(Cc1ccccc1)C(N)=O. The van der Waals surface area contributed by atoms with E-state index in [1.807, 2.05) is 0 Å². The van der Waals surface area contributed by atoms with Crippen molar-refractivity contribution in [2.45, 2.75) is 56.8 Å². The third kappa shape index (κ3) is 13.5. The number of aliphatic carboxylic acids is 1. The van der Waals surface area contributed by atoms with E-state index in [1.54, 1.807) is 30.3 Å². The van der Waals surface area contributed by atoms with Gasteiger partial charge in [0.1, 0.15) is 35.7 Å². The summed E-state index contributed by atoms with van der Waals surface area (Å²) in [5.74, 6) is -6.53. The summed E-state index contributed by atoms with van der Waals surface area (Å²) in [6.45, 7) is 0.620. The van der Waals surface area contributed by atoms with Gasteiger partial charge < -0.3 is 47.6 Å². The number of primary amides is 1. The second-order valence-corrected chi connectivity index (χ2v) is 11.6. The van der Waals surface area contributed by atoms with Gasteiger partial charge in [-0.05, 0) is 41.0 Å². The molecule has 3 rings (SSSR count). The molecule has 0 aliphatic heterocycles. The fraction of sp³-hybridized carbons (Fsp3) is 0.286. The van der Waals surface area contributed by atoms with Crippen molar-refractivity contribution in [3.05, 3.63) is 95.6 Å². The number of phenolic OH excluding ortho intramolecular Hbond substituents is 2. The quantitative estimate of drug-likeness (QED) is 0.0793. The van der Waals surface area contributed by atoms with Crippen LogP contribution in [-0.4, -0.2) is 87.4 Å². The summed E-state index contributed by atoms with van der Waals surface area (Å²) < 4.78 is 0. The lowest BCUT2D eigenvalue weighted by molar-refractivity contribution is -0.141. The van der Waals surface area contributed by atoms with Crippen molar-refractivity contribution in [2.24, 2.45) is 5.73 Å². The topological polar surface area (TPSA) is 266 Å². The fourth-order valence-electron chi connectivity index (χ4n) is 4.88. The number of nitrogens with two attached hydrogens (primary N) is 1. The first-order valence-electron chi connectivity index (χ1n) is 15.8. The highest BCUT2D eigenvalue weighted by molar-refractivity contribution is 5.97. The summed E-state index contributed by atoms with van der Waals surface area (Å²) in [4.78, 5) is 88.5. The van der Waals surface area contributed by atoms with Crippen LogP contribution in [0, 0.1) is 0 Å². The number of aromatic hydroxyl groups is 2. The van der Waals surface area contributed by atoms with E-state index in [2.05, 4.69) is 26.6 Å². The number of carbonyl (C=O) groups is 7. The molecule has 4 unspecified atom stereocenters. The van der Waals surface area contributed by atoms with Crippen LogP contribution in [0.5, 0.6) is 11.5 Å². The van der Waals surface area contributed by atoms with Gasteiger partial charge >= 0.3 is 5.97 Å². The van der Waals surface area contributed by atoms with E-state index in [9.17, 15) is 48.9 Å². The Hall–Kier alpha value is -6.45. The number of carboxylic acid groups (broad SMARTS) is 1. The lowest BCUT2D eigenvalue weighted by Crippen LogP contribution is -2.59. The first-order valence-corrected chi connectivity index (χ1v) is 15.8. The monoisotopic (exact) mass is 704 g/mol. The Balaban J connectivity index is 1.91. The lowest BCUT2D eigenvalue weighted by Gasteiger charge is -2.26. The normalized spacial score (nSPS) is 13.0. The average molecular weight is 705 g/mol. The van der Waals surface area contributed by atoms with Gasteiger partial charge in [0.15, 0.2) is 0 Å². The molecule has 51 heavy (non-hydrogen) atoms. The highest BCUT2D eigenvalue weighted by Crippen LogP contribution is 2.14. The van der Waals surface area contributed by atoms with E-state index < -0.39 is 78.5 Å². The molecule has 0 fully saturated rings. The van der Waals surface area contributed by atoms with Crippen LogP contribution in [0.1, 0.15) is 30.0 Å². The van der Waals surface area contributed by atoms with Gasteiger partial charge in [-0.15, -0.1) is 0 Å². The zero-order valence-corrected chi connectivity index (χ0v) is 27.6. The van der Waals surface area contributed by atoms with Crippen molar-refractivity contribution in [3.63, 3.8) is 0 Å². The summed E-state index contributed by atoms with van der Waals surface area (Å²) in [5, 5.41) is 41.0. The maximum Gasteiger partial charge on any atom is 0.305 e. The Morgan fingerprint density at radius 1 is 0.588 bits per heavy atom. The molecule has 0 aliphatic rings. The van der Waals surface area contributed by atoms with E-state index in [0.717, 1.165) is 6.92 Å².